The summed E-state index contributed by atoms with van der Waals surface area (Å²) in [6.07, 6.45) is 3.52. The second kappa shape index (κ2) is 9.12. The predicted octanol–water partition coefficient (Wildman–Crippen LogP) is 4.55. The molecule has 6 nitrogen and oxygen atoms in total. The highest BCUT2D eigenvalue weighted by Gasteiger charge is 2.36. The molecule has 0 aliphatic carbocycles. The van der Waals surface area contributed by atoms with E-state index in [0.717, 1.165) is 36.4 Å². The number of amides is 3. The van der Waals surface area contributed by atoms with Crippen molar-refractivity contribution in [3.63, 3.8) is 0 Å². The van der Waals surface area contributed by atoms with Crippen molar-refractivity contribution in [3.05, 3.63) is 64.1 Å². The topological polar surface area (TPSA) is 69.7 Å². The van der Waals surface area contributed by atoms with Crippen LogP contribution in [0.3, 0.4) is 0 Å². The number of carbonyl (C=O) groups is 3. The lowest BCUT2D eigenvalue weighted by Crippen LogP contribution is -2.36. The quantitative estimate of drug-likeness (QED) is 0.668. The number of benzene rings is 2. The Hall–Kier alpha value is -3.20. The molecule has 9 heteroatoms. The number of halogens is 2. The van der Waals surface area contributed by atoms with Gasteiger partial charge >= 0.3 is 0 Å². The monoisotopic (exact) mass is 457 g/mol. The average Bonchev–Trinajstić information content (AvgIpc) is 3.37. The molecule has 2 aromatic carbocycles. The molecule has 2 saturated heterocycles. The number of rotatable bonds is 5. The van der Waals surface area contributed by atoms with Crippen LogP contribution in [-0.2, 0) is 9.59 Å². The van der Waals surface area contributed by atoms with Gasteiger partial charge in [0.05, 0.1) is 16.3 Å². The second-order valence-corrected chi connectivity index (χ2v) is 8.64. The van der Waals surface area contributed by atoms with Crippen LogP contribution in [0.2, 0.25) is 0 Å². The minimum absolute atomic E-state index is 0.0378. The van der Waals surface area contributed by atoms with Gasteiger partial charge in [0.15, 0.2) is 0 Å². The molecule has 0 spiro atoms. The fourth-order valence-corrected chi connectivity index (χ4v) is 4.54. The van der Waals surface area contributed by atoms with Gasteiger partial charge < -0.3 is 10.2 Å². The number of imide groups is 1. The Labute approximate surface area is 188 Å². The maximum Gasteiger partial charge on any atom is 0.294 e. The molecule has 0 atom stereocenters. The summed E-state index contributed by atoms with van der Waals surface area (Å²) in [4.78, 5) is 40.1. The summed E-state index contributed by atoms with van der Waals surface area (Å²) in [5, 5.41) is 1.74. The van der Waals surface area contributed by atoms with E-state index in [0.29, 0.717) is 23.0 Å². The van der Waals surface area contributed by atoms with Crippen LogP contribution in [0, 0.1) is 18.6 Å². The number of carbonyl (C=O) groups excluding carboxylic acids is 3. The Morgan fingerprint density at radius 1 is 1.12 bits per heavy atom. The molecular formula is C23H21F2N3O3S. The summed E-state index contributed by atoms with van der Waals surface area (Å²) in [5.74, 6) is -2.35. The van der Waals surface area contributed by atoms with E-state index in [2.05, 4.69) is 5.32 Å². The number of aryl methyl sites for hydroxylation is 1. The van der Waals surface area contributed by atoms with Gasteiger partial charge in [-0.3, -0.25) is 19.3 Å². The molecule has 0 saturated carbocycles. The molecule has 2 aromatic rings. The van der Waals surface area contributed by atoms with E-state index in [1.54, 1.807) is 12.1 Å². The van der Waals surface area contributed by atoms with Gasteiger partial charge in [0.2, 0.25) is 5.91 Å². The lowest BCUT2D eigenvalue weighted by Gasteiger charge is -2.19. The Kier molecular flexibility index (Phi) is 6.27. The summed E-state index contributed by atoms with van der Waals surface area (Å²) in [7, 11) is 0. The molecule has 2 fully saturated rings. The molecule has 2 aliphatic heterocycles. The first kappa shape index (κ1) is 22.0. The fraction of sp³-hybridized carbons (Fsp3) is 0.261. The van der Waals surface area contributed by atoms with Crippen LogP contribution in [0.5, 0.6) is 0 Å². The highest BCUT2D eigenvalue weighted by molar-refractivity contribution is 8.18. The van der Waals surface area contributed by atoms with Crippen LogP contribution in [0.1, 0.15) is 24.0 Å². The molecule has 0 aromatic heterocycles. The van der Waals surface area contributed by atoms with Crippen molar-refractivity contribution >= 4 is 46.3 Å². The van der Waals surface area contributed by atoms with Gasteiger partial charge in [0, 0.05) is 13.1 Å². The molecule has 2 aliphatic rings. The van der Waals surface area contributed by atoms with E-state index in [1.807, 2.05) is 11.8 Å². The van der Waals surface area contributed by atoms with E-state index in [1.165, 1.54) is 30.3 Å². The molecule has 1 N–H and O–H groups in total. The molecule has 32 heavy (non-hydrogen) atoms. The van der Waals surface area contributed by atoms with Crippen molar-refractivity contribution in [1.29, 1.82) is 0 Å². The van der Waals surface area contributed by atoms with Crippen molar-refractivity contribution in [2.75, 3.05) is 29.9 Å². The first-order valence-electron chi connectivity index (χ1n) is 10.2. The van der Waals surface area contributed by atoms with Crippen molar-refractivity contribution in [2.45, 2.75) is 19.8 Å². The second-order valence-electron chi connectivity index (χ2n) is 7.65. The van der Waals surface area contributed by atoms with Gasteiger partial charge in [-0.05, 0) is 73.0 Å². The van der Waals surface area contributed by atoms with Crippen LogP contribution >= 0.6 is 11.8 Å². The van der Waals surface area contributed by atoms with E-state index < -0.39 is 29.4 Å². The predicted molar refractivity (Wildman–Crippen MR) is 120 cm³/mol. The Morgan fingerprint density at radius 2 is 1.84 bits per heavy atom. The number of thioether (sulfide) groups is 1. The van der Waals surface area contributed by atoms with Gasteiger partial charge in [-0.15, -0.1) is 0 Å². The van der Waals surface area contributed by atoms with Gasteiger partial charge in [-0.1, -0.05) is 12.1 Å². The van der Waals surface area contributed by atoms with Crippen LogP contribution in [-0.4, -0.2) is 41.6 Å². The summed E-state index contributed by atoms with van der Waals surface area (Å²) >= 11 is 0.684. The molecule has 3 amide bonds. The zero-order valence-corrected chi connectivity index (χ0v) is 18.2. The van der Waals surface area contributed by atoms with Gasteiger partial charge in [0.1, 0.15) is 18.2 Å². The van der Waals surface area contributed by atoms with Crippen LogP contribution in [0.25, 0.3) is 6.08 Å². The highest BCUT2D eigenvalue weighted by Crippen LogP contribution is 2.34. The lowest BCUT2D eigenvalue weighted by atomic mass is 10.1. The normalized spacial score (nSPS) is 17.5. The minimum Gasteiger partial charge on any atom is -0.369 e. The maximum atomic E-state index is 14.7. The van der Waals surface area contributed by atoms with Crippen molar-refractivity contribution < 1.29 is 23.2 Å². The van der Waals surface area contributed by atoms with Crippen molar-refractivity contribution in [1.82, 2.24) is 4.90 Å². The minimum atomic E-state index is -0.698. The number of anilines is 2. The fourth-order valence-electron chi connectivity index (χ4n) is 3.71. The van der Waals surface area contributed by atoms with Crippen molar-refractivity contribution in [3.8, 4) is 0 Å². The zero-order valence-electron chi connectivity index (χ0n) is 17.4. The molecule has 166 valence electrons. The number of hydrogen-bond acceptors (Lipinski definition) is 5. The first-order valence-corrected chi connectivity index (χ1v) is 11.0. The maximum absolute atomic E-state index is 14.7. The smallest absolute Gasteiger partial charge is 0.294 e. The lowest BCUT2D eigenvalue weighted by molar-refractivity contribution is -0.127. The number of nitrogens with one attached hydrogen (secondary N) is 1. The first-order chi connectivity index (χ1) is 15.3. The third-order valence-electron chi connectivity index (χ3n) is 5.39. The zero-order chi connectivity index (χ0) is 22.8. The molecular weight excluding hydrogens is 436 g/mol. The van der Waals surface area contributed by atoms with Gasteiger partial charge in [-0.2, -0.15) is 0 Å². The average molecular weight is 458 g/mol. The summed E-state index contributed by atoms with van der Waals surface area (Å²) in [5.41, 5.74) is 1.77. The molecule has 0 radical (unpaired) electrons. The number of para-hydroxylation sites is 1. The summed E-state index contributed by atoms with van der Waals surface area (Å²) in [6.45, 7) is 2.89. The summed E-state index contributed by atoms with van der Waals surface area (Å²) in [6, 6.07) is 8.71. The molecule has 4 rings (SSSR count). The third kappa shape index (κ3) is 4.52. The SMILES string of the molecule is Cc1cc(N2CCCC2)c(F)cc1/C=C1\SC(=O)N(CC(=O)Nc2ccccc2F)C1=O. The van der Waals surface area contributed by atoms with Crippen molar-refractivity contribution in [2.24, 2.45) is 0 Å². The van der Waals surface area contributed by atoms with Gasteiger partial charge in [-0.25, -0.2) is 8.78 Å². The van der Waals surface area contributed by atoms with Crippen LogP contribution < -0.4 is 10.2 Å². The number of hydrogen-bond donors (Lipinski definition) is 1. The number of nitrogens with zero attached hydrogens (tertiary/aromatic N) is 2. The largest absolute Gasteiger partial charge is 0.369 e. The van der Waals surface area contributed by atoms with E-state index in [-0.39, 0.29) is 16.4 Å². The standard InChI is InChI=1S/C23H21F2N3O3S/c1-14-10-19(27-8-4-5-9-27)17(25)11-15(14)12-20-22(30)28(23(31)32-20)13-21(29)26-18-7-3-2-6-16(18)24/h2-3,6-7,10-12H,4-5,8-9,13H2,1H3,(H,26,29)/b20-12-. The van der Waals surface area contributed by atoms with E-state index in [4.69, 9.17) is 0 Å². The Bertz CT molecular complexity index is 1130. The molecule has 2 heterocycles. The van der Waals surface area contributed by atoms with E-state index in [9.17, 15) is 23.2 Å². The summed E-state index contributed by atoms with van der Waals surface area (Å²) < 4.78 is 28.4. The third-order valence-corrected chi connectivity index (χ3v) is 6.30. The Morgan fingerprint density at radius 3 is 2.56 bits per heavy atom. The highest BCUT2D eigenvalue weighted by atomic mass is 32.2. The van der Waals surface area contributed by atoms with Gasteiger partial charge in [0.25, 0.3) is 11.1 Å². The van der Waals surface area contributed by atoms with E-state index >= 15 is 0 Å². The molecule has 0 bridgehead atoms. The molecule has 0 unspecified atom stereocenters. The Balaban J connectivity index is 1.49. The van der Waals surface area contributed by atoms with Crippen LogP contribution in [0.4, 0.5) is 25.0 Å². The van der Waals surface area contributed by atoms with Crippen LogP contribution in [0.15, 0.2) is 41.3 Å².